The number of nitrogens with one attached hydrogen (secondary N) is 1. The number of aromatic nitrogens is 2. The number of nitrogens with zero attached hydrogens (tertiary/aromatic N) is 2. The zero-order valence-electron chi connectivity index (χ0n) is 13.5. The Bertz CT molecular complexity index is 865. The van der Waals surface area contributed by atoms with E-state index in [1.54, 1.807) is 6.20 Å². The molecule has 0 aliphatic heterocycles. The van der Waals surface area contributed by atoms with E-state index >= 15 is 0 Å². The van der Waals surface area contributed by atoms with Gasteiger partial charge in [0.05, 0.1) is 5.69 Å². The topological polar surface area (TPSA) is 56.2 Å². The van der Waals surface area contributed by atoms with Gasteiger partial charge >= 0.3 is 0 Å². The van der Waals surface area contributed by atoms with Crippen LogP contribution in [0.15, 0.2) is 75.4 Å². The van der Waals surface area contributed by atoms with Gasteiger partial charge in [-0.1, -0.05) is 28.1 Å². The maximum absolute atomic E-state index is 12.2. The molecule has 0 unspecified atom stereocenters. The lowest BCUT2D eigenvalue weighted by Crippen LogP contribution is -2.20. The molecule has 1 aromatic heterocycles. The molecule has 7 heteroatoms. The van der Waals surface area contributed by atoms with Crippen LogP contribution in [0.4, 0.5) is 5.69 Å². The fourth-order valence-electron chi connectivity index (χ4n) is 2.07. The molecule has 5 nitrogen and oxygen atoms in total. The molecular formula is C18H16BrN3O2S. The number of anilines is 1. The molecule has 2 aromatic carbocycles. The van der Waals surface area contributed by atoms with Crippen molar-refractivity contribution in [2.75, 3.05) is 11.9 Å². The Morgan fingerprint density at radius 3 is 2.72 bits per heavy atom. The monoisotopic (exact) mass is 417 g/mol. The van der Waals surface area contributed by atoms with E-state index in [1.807, 2.05) is 66.3 Å². The van der Waals surface area contributed by atoms with Crippen molar-refractivity contribution in [3.63, 3.8) is 0 Å². The van der Waals surface area contributed by atoms with Crippen molar-refractivity contribution in [2.24, 2.45) is 7.05 Å². The number of aryl methyl sites for hydroxylation is 1. The maximum Gasteiger partial charge on any atom is 0.262 e. The minimum atomic E-state index is -0.212. The van der Waals surface area contributed by atoms with E-state index in [1.165, 1.54) is 11.8 Å². The zero-order chi connectivity index (χ0) is 17.6. The molecule has 0 saturated carbocycles. The zero-order valence-corrected chi connectivity index (χ0v) is 15.9. The molecule has 0 radical (unpaired) electrons. The second-order valence-corrected chi connectivity index (χ2v) is 7.13. The number of imidazole rings is 1. The molecule has 1 N–H and O–H groups in total. The first kappa shape index (κ1) is 17.6. The lowest BCUT2D eigenvalue weighted by atomic mass is 10.3. The second-order valence-electron chi connectivity index (χ2n) is 5.21. The molecular weight excluding hydrogens is 402 g/mol. The normalized spacial score (nSPS) is 10.5. The summed E-state index contributed by atoms with van der Waals surface area (Å²) < 4.78 is 8.40. The predicted molar refractivity (Wildman–Crippen MR) is 102 cm³/mol. The van der Waals surface area contributed by atoms with Crippen molar-refractivity contribution in [1.82, 2.24) is 9.55 Å². The van der Waals surface area contributed by atoms with E-state index in [0.717, 1.165) is 20.2 Å². The number of carbonyl (C=O) groups excluding carboxylic acids is 1. The summed E-state index contributed by atoms with van der Waals surface area (Å²) in [4.78, 5) is 17.4. The Kier molecular flexibility index (Phi) is 5.78. The van der Waals surface area contributed by atoms with Crippen LogP contribution < -0.4 is 10.1 Å². The molecule has 3 rings (SSSR count). The standard InChI is InChI=1S/C18H16BrN3O2S/c1-22-11-10-20-18(22)25-16-5-3-2-4-15(16)21-17(23)12-24-14-8-6-13(19)7-9-14/h2-11H,12H2,1H3,(H,21,23). The first-order valence-corrected chi connectivity index (χ1v) is 9.15. The lowest BCUT2D eigenvalue weighted by molar-refractivity contribution is -0.118. The SMILES string of the molecule is Cn1ccnc1Sc1ccccc1NC(=O)COc1ccc(Br)cc1. The third kappa shape index (κ3) is 4.87. The number of hydrogen-bond acceptors (Lipinski definition) is 4. The minimum Gasteiger partial charge on any atom is -0.484 e. The summed E-state index contributed by atoms with van der Waals surface area (Å²) in [5.74, 6) is 0.435. The van der Waals surface area contributed by atoms with Crippen molar-refractivity contribution in [2.45, 2.75) is 10.1 Å². The largest absolute Gasteiger partial charge is 0.484 e. The van der Waals surface area contributed by atoms with Gasteiger partial charge in [0.15, 0.2) is 11.8 Å². The summed E-state index contributed by atoms with van der Waals surface area (Å²) in [5.41, 5.74) is 0.736. The van der Waals surface area contributed by atoms with Crippen molar-refractivity contribution in [1.29, 1.82) is 0 Å². The highest BCUT2D eigenvalue weighted by atomic mass is 79.9. The average Bonchev–Trinajstić information content (AvgIpc) is 3.01. The molecule has 0 bridgehead atoms. The van der Waals surface area contributed by atoms with Crippen LogP contribution in [0.25, 0.3) is 0 Å². The summed E-state index contributed by atoms with van der Waals surface area (Å²) in [6.07, 6.45) is 3.63. The van der Waals surface area contributed by atoms with Gasteiger partial charge in [-0.05, 0) is 48.2 Å². The molecule has 0 fully saturated rings. The first-order chi connectivity index (χ1) is 12.1. The third-order valence-electron chi connectivity index (χ3n) is 3.32. The summed E-state index contributed by atoms with van der Waals surface area (Å²) in [6.45, 7) is -0.0525. The van der Waals surface area contributed by atoms with E-state index < -0.39 is 0 Å². The van der Waals surface area contributed by atoms with Gasteiger partial charge in [0, 0.05) is 28.8 Å². The minimum absolute atomic E-state index is 0.0525. The average molecular weight is 418 g/mol. The van der Waals surface area contributed by atoms with Gasteiger partial charge in [-0.25, -0.2) is 4.98 Å². The molecule has 0 saturated heterocycles. The highest BCUT2D eigenvalue weighted by Crippen LogP contribution is 2.32. The van der Waals surface area contributed by atoms with Crippen LogP contribution in [0, 0.1) is 0 Å². The Morgan fingerprint density at radius 1 is 1.24 bits per heavy atom. The number of ether oxygens (including phenoxy) is 1. The van der Waals surface area contributed by atoms with Crippen molar-refractivity contribution in [3.05, 3.63) is 65.4 Å². The van der Waals surface area contributed by atoms with Crippen LogP contribution in [0.3, 0.4) is 0 Å². The molecule has 3 aromatic rings. The van der Waals surface area contributed by atoms with Crippen LogP contribution in [-0.4, -0.2) is 22.1 Å². The highest BCUT2D eigenvalue weighted by molar-refractivity contribution is 9.10. The molecule has 0 aliphatic rings. The molecule has 1 amide bonds. The summed E-state index contributed by atoms with van der Waals surface area (Å²) in [6, 6.07) is 15.0. The van der Waals surface area contributed by atoms with Gasteiger partial charge in [0.1, 0.15) is 5.75 Å². The Balaban J connectivity index is 1.63. The quantitative estimate of drug-likeness (QED) is 0.647. The van der Waals surface area contributed by atoms with Gasteiger partial charge in [0.2, 0.25) is 0 Å². The van der Waals surface area contributed by atoms with Crippen LogP contribution in [0.1, 0.15) is 0 Å². The van der Waals surface area contributed by atoms with Gasteiger partial charge < -0.3 is 14.6 Å². The van der Waals surface area contributed by atoms with E-state index in [0.29, 0.717) is 5.75 Å². The number of halogens is 1. The Labute approximate surface area is 158 Å². The van der Waals surface area contributed by atoms with E-state index in [4.69, 9.17) is 4.74 Å². The molecule has 1 heterocycles. The maximum atomic E-state index is 12.2. The molecule has 0 spiro atoms. The Morgan fingerprint density at radius 2 is 2.00 bits per heavy atom. The van der Waals surface area contributed by atoms with Crippen molar-refractivity contribution < 1.29 is 9.53 Å². The van der Waals surface area contributed by atoms with Gasteiger partial charge in [-0.2, -0.15) is 0 Å². The summed E-state index contributed by atoms with van der Waals surface area (Å²) in [7, 11) is 1.93. The van der Waals surface area contributed by atoms with Gasteiger partial charge in [-0.15, -0.1) is 0 Å². The van der Waals surface area contributed by atoms with E-state index in [-0.39, 0.29) is 12.5 Å². The van der Waals surface area contributed by atoms with Gasteiger partial charge in [0.25, 0.3) is 5.91 Å². The number of para-hydroxylation sites is 1. The summed E-state index contributed by atoms with van der Waals surface area (Å²) in [5, 5.41) is 3.75. The number of rotatable bonds is 6. The van der Waals surface area contributed by atoms with Crippen LogP contribution in [0.2, 0.25) is 0 Å². The smallest absolute Gasteiger partial charge is 0.262 e. The molecule has 25 heavy (non-hydrogen) atoms. The Hall–Kier alpha value is -2.25. The third-order valence-corrected chi connectivity index (χ3v) is 5.00. The second kappa shape index (κ2) is 8.22. The lowest BCUT2D eigenvalue weighted by Gasteiger charge is -2.11. The van der Waals surface area contributed by atoms with Crippen LogP contribution in [-0.2, 0) is 11.8 Å². The molecule has 0 aliphatic carbocycles. The number of carbonyl (C=O) groups is 1. The predicted octanol–water partition coefficient (Wildman–Crippen LogP) is 4.35. The van der Waals surface area contributed by atoms with E-state index in [9.17, 15) is 4.79 Å². The van der Waals surface area contributed by atoms with E-state index in [2.05, 4.69) is 26.2 Å². The summed E-state index contributed by atoms with van der Waals surface area (Å²) >= 11 is 4.86. The molecule has 0 atom stereocenters. The van der Waals surface area contributed by atoms with Crippen molar-refractivity contribution in [3.8, 4) is 5.75 Å². The van der Waals surface area contributed by atoms with Gasteiger partial charge in [-0.3, -0.25) is 4.79 Å². The fraction of sp³-hybridized carbons (Fsp3) is 0.111. The highest BCUT2D eigenvalue weighted by Gasteiger charge is 2.10. The van der Waals surface area contributed by atoms with Crippen LogP contribution in [0.5, 0.6) is 5.75 Å². The fourth-order valence-corrected chi connectivity index (χ4v) is 3.23. The number of amides is 1. The number of hydrogen-bond donors (Lipinski definition) is 1. The van der Waals surface area contributed by atoms with Crippen LogP contribution >= 0.6 is 27.7 Å². The number of benzene rings is 2. The van der Waals surface area contributed by atoms with Crippen molar-refractivity contribution >= 4 is 39.3 Å². The first-order valence-electron chi connectivity index (χ1n) is 7.54. The molecule has 128 valence electrons.